The Morgan fingerprint density at radius 3 is 0.333 bits per heavy atom. The zero-order chi connectivity index (χ0) is 0. The molecule has 0 spiro atoms. The first-order chi connectivity index (χ1) is 0. The summed E-state index contributed by atoms with van der Waals surface area (Å²) in [5.41, 5.74) is 0. The van der Waals surface area contributed by atoms with Crippen molar-refractivity contribution in [2.45, 2.75) is 0 Å². The van der Waals surface area contributed by atoms with E-state index in [2.05, 4.69) is 0 Å². The van der Waals surface area contributed by atoms with Crippen molar-refractivity contribution in [3.05, 3.63) is 0 Å². The van der Waals surface area contributed by atoms with E-state index in [1.807, 2.05) is 0 Å². The number of hydrogen-bond acceptors (Lipinski definition) is 1. The van der Waals surface area contributed by atoms with Gasteiger partial charge in [0.15, 0.2) is 0 Å². The summed E-state index contributed by atoms with van der Waals surface area (Å²) in [5.74, 6) is 0. The summed E-state index contributed by atoms with van der Waals surface area (Å²) in [6, 6.07) is 0. The summed E-state index contributed by atoms with van der Waals surface area (Å²) >= 11 is 0. The van der Waals surface area contributed by atoms with Crippen molar-refractivity contribution in [1.29, 1.82) is 0 Å². The van der Waals surface area contributed by atoms with Crippen molar-refractivity contribution in [3.63, 3.8) is 0 Å². The van der Waals surface area contributed by atoms with Crippen LogP contribution in [0.25, 0.3) is 0 Å². The summed E-state index contributed by atoms with van der Waals surface area (Å²) in [7, 11) is 0. The van der Waals surface area contributed by atoms with Crippen LogP contribution < -0.4 is 24.8 Å². The molecule has 0 amide bonds. The van der Waals surface area contributed by atoms with Crippen molar-refractivity contribution in [1.82, 2.24) is 0 Å². The average Bonchev–Trinajstić information content (AvgIpc) is 0. The Hall–Kier alpha value is 1.10. The van der Waals surface area contributed by atoms with Crippen molar-refractivity contribution in [3.8, 4) is 0 Å². The fourth-order valence-electron chi connectivity index (χ4n) is 0. The van der Waals surface area contributed by atoms with E-state index in [9.17, 15) is 0 Å². The van der Waals surface area contributed by atoms with Crippen LogP contribution in [0.4, 0.5) is 0 Å². The minimum atomic E-state index is 0. The van der Waals surface area contributed by atoms with E-state index in [1.54, 1.807) is 0 Å². The topological polar surface area (TPSA) is 282 Å². The van der Waals surface area contributed by atoms with Crippen LogP contribution in [-0.4, -0.2) is 49.3 Å². The van der Waals surface area contributed by atoms with E-state index in [4.69, 9.17) is 0 Å². The van der Waals surface area contributed by atoms with E-state index < -0.39 is 0 Å². The van der Waals surface area contributed by atoms with Crippen LogP contribution in [0.5, 0.6) is 0 Å². The Bertz CT molecular complexity index is 12.5. The molecule has 0 aromatic heterocycles. The first-order valence-electron chi connectivity index (χ1n) is 0. The first-order valence-corrected chi connectivity index (χ1v) is 0. The van der Waals surface area contributed by atoms with Gasteiger partial charge in [0.2, 0.25) is 0 Å². The molecule has 0 atom stereocenters. The van der Waals surface area contributed by atoms with Crippen molar-refractivity contribution in [2.75, 3.05) is 0 Å². The average molecular weight is 323 g/mol. The molecule has 12 heteroatoms. The molecule has 9 nitrogen and oxygen atoms in total. The third-order valence-corrected chi connectivity index (χ3v) is 0. The van der Waals surface area contributed by atoms with Crippen LogP contribution in [0.3, 0.4) is 0 Å². The maximum Gasteiger partial charge on any atom is 0 e. The number of hydrogen-bond donors (Lipinski definition) is 0. The largest absolute Gasteiger partial charge is 1.00 e. The molecule has 0 unspecified atom stereocenters. The molecular formula is H17Cl2O9Zr-3. The molecule has 0 radical (unpaired) electrons. The molecule has 0 aromatic rings. The molecule has 92 valence electrons. The Morgan fingerprint density at radius 2 is 0.333 bits per heavy atom. The quantitative estimate of drug-likeness (QED) is 0.412. The van der Waals surface area contributed by atoms with Gasteiger partial charge in [-0.2, -0.15) is 0 Å². The van der Waals surface area contributed by atoms with E-state index in [-0.39, 0.29) is 100 Å². The van der Waals surface area contributed by atoms with E-state index in [0.717, 1.165) is 0 Å². The van der Waals surface area contributed by atoms with Gasteiger partial charge < -0.3 is 74.1 Å². The van der Waals surface area contributed by atoms with Gasteiger partial charge in [-0.25, -0.2) is 0 Å². The Morgan fingerprint density at radius 1 is 0.333 bits per heavy atom. The fourth-order valence-corrected chi connectivity index (χ4v) is 0. The second-order valence-corrected chi connectivity index (χ2v) is 0. The van der Waals surface area contributed by atoms with Crippen LogP contribution in [0, 0.1) is 0 Å². The van der Waals surface area contributed by atoms with Crippen molar-refractivity contribution < 1.29 is 100 Å². The third kappa shape index (κ3) is 931. The molecule has 0 saturated carbocycles. The summed E-state index contributed by atoms with van der Waals surface area (Å²) in [6.07, 6.45) is 0. The van der Waals surface area contributed by atoms with Gasteiger partial charge >= 0.3 is 0 Å². The molecule has 0 bridgehead atoms. The maximum atomic E-state index is 0. The normalized spacial score (nSPS) is 0. The van der Waals surface area contributed by atoms with Crippen LogP contribution in [0.1, 0.15) is 0 Å². The summed E-state index contributed by atoms with van der Waals surface area (Å²) in [6.45, 7) is 0. The van der Waals surface area contributed by atoms with Gasteiger partial charge in [0.1, 0.15) is 0 Å². The first kappa shape index (κ1) is 1580. The van der Waals surface area contributed by atoms with Crippen molar-refractivity contribution in [2.24, 2.45) is 0 Å². The predicted octanol–water partition coefficient (Wildman–Crippen LogP) is -12.8. The molecule has 0 heterocycles. The van der Waals surface area contributed by atoms with Gasteiger partial charge in [0.05, 0.1) is 0 Å². The van der Waals surface area contributed by atoms with Gasteiger partial charge in [-0.1, -0.05) is 0 Å². The Balaban J connectivity index is 0. The van der Waals surface area contributed by atoms with E-state index in [1.165, 1.54) is 0 Å². The molecule has 0 aromatic carbocycles. The smallest absolute Gasteiger partial charge is 0 e. The molecule has 12 heavy (non-hydrogen) atoms. The van der Waals surface area contributed by atoms with Crippen LogP contribution in [0.15, 0.2) is 0 Å². The van der Waals surface area contributed by atoms with Crippen LogP contribution in [0.2, 0.25) is 0 Å². The van der Waals surface area contributed by atoms with Crippen LogP contribution >= 0.6 is 0 Å². The Kier molecular flexibility index (Phi) is 161000. The molecular weight excluding hydrogens is 306 g/mol. The molecule has 0 aliphatic carbocycles. The minimum absolute atomic E-state index is 0. The zero-order valence-electron chi connectivity index (χ0n) is 5.70. The van der Waals surface area contributed by atoms with Gasteiger partial charge in [0.25, 0.3) is 0 Å². The zero-order valence-corrected chi connectivity index (χ0v) is 9.67. The fraction of sp³-hybridized carbons (Fsp3) is 0. The molecule has 0 aliphatic rings. The van der Waals surface area contributed by atoms with E-state index in [0.29, 0.717) is 0 Å². The Labute approximate surface area is 100 Å². The molecule has 0 aliphatic heterocycles. The summed E-state index contributed by atoms with van der Waals surface area (Å²) < 4.78 is 0. The molecule has 0 fully saturated rings. The third-order valence-electron chi connectivity index (χ3n) is 0. The molecule has 0 saturated heterocycles. The molecule has 17 N–H and O–H groups in total. The van der Waals surface area contributed by atoms with E-state index >= 15 is 0 Å². The second kappa shape index (κ2) is 1230. The van der Waals surface area contributed by atoms with Gasteiger partial charge in [0, 0.05) is 26.2 Å². The minimum Gasteiger partial charge on any atom is -1.00 e. The summed E-state index contributed by atoms with van der Waals surface area (Å²) in [5, 5.41) is 0. The number of rotatable bonds is 0. The SMILES string of the molecule is O.O.O.O.O.O.O.O.[Cl-].[Cl-].[OH-].[Zr]. The molecule has 0 rings (SSSR count). The van der Waals surface area contributed by atoms with Crippen molar-refractivity contribution >= 4 is 0 Å². The second-order valence-electron chi connectivity index (χ2n) is 0. The maximum absolute atomic E-state index is 0. The standard InChI is InChI=1S/2ClH.9H2O.Zr/h2*1H;9*1H2;/p-3. The monoisotopic (exact) mass is 321 g/mol. The van der Waals surface area contributed by atoms with Gasteiger partial charge in [-0.05, 0) is 0 Å². The predicted molar refractivity (Wildman–Crippen MR) is 30.8 cm³/mol. The van der Waals surface area contributed by atoms with Crippen LogP contribution in [-0.2, 0) is 26.2 Å². The van der Waals surface area contributed by atoms with Gasteiger partial charge in [-0.3, -0.25) is 0 Å². The number of halogens is 2. The van der Waals surface area contributed by atoms with Gasteiger partial charge in [-0.15, -0.1) is 0 Å². The summed E-state index contributed by atoms with van der Waals surface area (Å²) in [4.78, 5) is 0.